The number of piperidine rings is 1. The third-order valence-corrected chi connectivity index (χ3v) is 6.51. The van der Waals surface area contributed by atoms with Crippen LogP contribution in [0, 0.1) is 11.7 Å². The third-order valence-electron chi connectivity index (χ3n) is 5.08. The Kier molecular flexibility index (Phi) is 8.06. The molecule has 0 aromatic heterocycles. The zero-order chi connectivity index (χ0) is 25.2. The molecule has 2 rings (SSSR count). The highest BCUT2D eigenvalue weighted by molar-refractivity contribution is 7.90. The molecule has 1 aliphatic rings. The predicted octanol–water partition coefficient (Wildman–Crippen LogP) is 3.50. The van der Waals surface area contributed by atoms with Gasteiger partial charge in [0.05, 0.1) is 5.56 Å². The van der Waals surface area contributed by atoms with Crippen LogP contribution in [0.1, 0.15) is 42.6 Å². The summed E-state index contributed by atoms with van der Waals surface area (Å²) < 4.78 is 114. The van der Waals surface area contributed by atoms with E-state index in [1.165, 1.54) is 13.8 Å². The van der Waals surface area contributed by atoms with Gasteiger partial charge >= 0.3 is 21.7 Å². The quantitative estimate of drug-likeness (QED) is 0.554. The van der Waals surface area contributed by atoms with Gasteiger partial charge in [-0.2, -0.15) is 26.3 Å². The van der Waals surface area contributed by atoms with Crippen LogP contribution < -0.4 is 10.0 Å². The summed E-state index contributed by atoms with van der Waals surface area (Å²) in [7, 11) is -5.50. The lowest BCUT2D eigenvalue weighted by Gasteiger charge is -2.37. The highest BCUT2D eigenvalue weighted by Crippen LogP contribution is 2.30. The van der Waals surface area contributed by atoms with E-state index in [4.69, 9.17) is 0 Å². The van der Waals surface area contributed by atoms with Crippen LogP contribution in [0.5, 0.6) is 0 Å². The van der Waals surface area contributed by atoms with Crippen molar-refractivity contribution in [1.82, 2.24) is 14.9 Å². The molecule has 0 unspecified atom stereocenters. The summed E-state index contributed by atoms with van der Waals surface area (Å²) in [5.74, 6) is -2.10. The number of carbonyl (C=O) groups is 1. The Bertz CT molecular complexity index is 954. The van der Waals surface area contributed by atoms with Crippen LogP contribution in [0.25, 0.3) is 0 Å². The van der Waals surface area contributed by atoms with Gasteiger partial charge in [0.25, 0.3) is 5.91 Å². The summed E-state index contributed by atoms with van der Waals surface area (Å²) in [4.78, 5) is 13.9. The van der Waals surface area contributed by atoms with Gasteiger partial charge in [0.1, 0.15) is 5.82 Å². The van der Waals surface area contributed by atoms with E-state index < -0.39 is 50.1 Å². The first-order valence-corrected chi connectivity index (χ1v) is 11.4. The smallest absolute Gasteiger partial charge is 0.352 e. The molecule has 1 aromatic rings. The lowest BCUT2D eigenvalue weighted by Crippen LogP contribution is -2.55. The molecule has 1 amide bonds. The summed E-state index contributed by atoms with van der Waals surface area (Å²) in [5.41, 5.74) is -8.54. The van der Waals surface area contributed by atoms with E-state index in [2.05, 4.69) is 5.32 Å². The number of rotatable bonds is 7. The Morgan fingerprint density at radius 1 is 1.06 bits per heavy atom. The van der Waals surface area contributed by atoms with Crippen molar-refractivity contribution in [2.75, 3.05) is 26.2 Å². The molecular weight excluding hydrogens is 483 g/mol. The number of alkyl halides is 6. The molecule has 1 saturated heterocycles. The summed E-state index contributed by atoms with van der Waals surface area (Å²) >= 11 is 0. The van der Waals surface area contributed by atoms with E-state index >= 15 is 0 Å². The van der Waals surface area contributed by atoms with Crippen molar-refractivity contribution in [3.05, 3.63) is 35.1 Å². The van der Waals surface area contributed by atoms with Gasteiger partial charge in [-0.1, -0.05) is 0 Å². The predicted molar refractivity (Wildman–Crippen MR) is 105 cm³/mol. The first-order valence-electron chi connectivity index (χ1n) is 9.88. The fourth-order valence-electron chi connectivity index (χ4n) is 3.59. The highest BCUT2D eigenvalue weighted by atomic mass is 32.2. The molecule has 0 spiro atoms. The number of likely N-dealkylation sites (tertiary alicyclic amines) is 1. The second kappa shape index (κ2) is 9.74. The number of nitrogens with one attached hydrogen (secondary N) is 2. The van der Waals surface area contributed by atoms with Crippen molar-refractivity contribution in [2.24, 2.45) is 5.92 Å². The topological polar surface area (TPSA) is 78.5 Å². The van der Waals surface area contributed by atoms with Crippen molar-refractivity contribution in [1.29, 1.82) is 0 Å². The molecule has 0 saturated carbocycles. The minimum absolute atomic E-state index is 0.0188. The van der Waals surface area contributed by atoms with Crippen LogP contribution in [-0.4, -0.2) is 56.5 Å². The van der Waals surface area contributed by atoms with Gasteiger partial charge in [0, 0.05) is 24.2 Å². The second-order valence-electron chi connectivity index (χ2n) is 8.59. The van der Waals surface area contributed by atoms with Gasteiger partial charge in [0.2, 0.25) is 0 Å². The molecule has 0 atom stereocenters. The molecule has 1 fully saturated rings. The van der Waals surface area contributed by atoms with Gasteiger partial charge < -0.3 is 10.2 Å². The average Bonchev–Trinajstić information content (AvgIpc) is 2.64. The van der Waals surface area contributed by atoms with Gasteiger partial charge in [-0.05, 0) is 63.9 Å². The number of hydrogen-bond donors (Lipinski definition) is 2. The zero-order valence-electron chi connectivity index (χ0n) is 17.8. The van der Waals surface area contributed by atoms with Gasteiger partial charge in [0.15, 0.2) is 0 Å². The fourth-order valence-corrected chi connectivity index (χ4v) is 4.49. The van der Waals surface area contributed by atoms with Crippen LogP contribution in [0.4, 0.5) is 30.7 Å². The molecular formula is C19H24F7N3O3S. The molecule has 0 aliphatic carbocycles. The summed E-state index contributed by atoms with van der Waals surface area (Å²) in [6.07, 6.45) is -3.77. The third kappa shape index (κ3) is 7.81. The summed E-state index contributed by atoms with van der Waals surface area (Å²) in [6, 6.07) is 1.56. The average molecular weight is 507 g/mol. The van der Waals surface area contributed by atoms with E-state index in [9.17, 15) is 43.9 Å². The Morgan fingerprint density at radius 3 is 2.15 bits per heavy atom. The number of benzene rings is 1. The van der Waals surface area contributed by atoms with Crippen molar-refractivity contribution in [3.8, 4) is 0 Å². The summed E-state index contributed by atoms with van der Waals surface area (Å²) in [6.45, 7) is 3.62. The molecule has 33 heavy (non-hydrogen) atoms. The Balaban J connectivity index is 1.86. The molecule has 2 N–H and O–H groups in total. The minimum atomic E-state index is -5.50. The molecule has 1 heterocycles. The van der Waals surface area contributed by atoms with E-state index in [1.807, 2.05) is 0 Å². The van der Waals surface area contributed by atoms with Crippen LogP contribution in [-0.2, 0) is 16.2 Å². The zero-order valence-corrected chi connectivity index (χ0v) is 18.6. The number of nitrogens with zero attached hydrogens (tertiary/aromatic N) is 1. The molecule has 6 nitrogen and oxygen atoms in total. The normalized spacial score (nSPS) is 17.2. The van der Waals surface area contributed by atoms with Crippen molar-refractivity contribution in [2.45, 2.75) is 43.9 Å². The Labute approximate surface area is 186 Å². The van der Waals surface area contributed by atoms with Crippen molar-refractivity contribution in [3.63, 3.8) is 0 Å². The number of hydrogen-bond acceptors (Lipinski definition) is 4. The standard InChI is InChI=1S/C19H24F7N3O3S/c1-17(2,28-33(31,32)19(24,25)26)11-29-5-3-12(4-6-29)10-27-16(30)13-7-14(18(21,22)23)9-15(20)8-13/h7-9,12,28H,3-6,10-11H2,1-2H3,(H,27,30). The van der Waals surface area contributed by atoms with E-state index in [0.717, 1.165) is 0 Å². The minimum Gasteiger partial charge on any atom is -0.352 e. The largest absolute Gasteiger partial charge is 0.511 e. The molecule has 1 aromatic carbocycles. The lowest BCUT2D eigenvalue weighted by molar-refractivity contribution is -0.137. The second-order valence-corrected chi connectivity index (χ2v) is 10.3. The molecule has 0 radical (unpaired) electrons. The van der Waals surface area contributed by atoms with Crippen molar-refractivity contribution < 1.29 is 43.9 Å². The molecule has 14 heteroatoms. The van der Waals surface area contributed by atoms with Crippen LogP contribution in [0.2, 0.25) is 0 Å². The maximum Gasteiger partial charge on any atom is 0.511 e. The number of sulfonamides is 1. The Hall–Kier alpha value is -1.93. The monoisotopic (exact) mass is 507 g/mol. The van der Waals surface area contributed by atoms with Gasteiger partial charge in [-0.25, -0.2) is 17.5 Å². The molecule has 188 valence electrons. The molecule has 0 bridgehead atoms. The SMILES string of the molecule is CC(C)(CN1CCC(CNC(=O)c2cc(F)cc(C(F)(F)F)c2)CC1)NS(=O)(=O)C(F)(F)F. The number of halogens is 7. The maximum atomic E-state index is 13.5. The van der Waals surface area contributed by atoms with E-state index in [-0.39, 0.29) is 19.0 Å². The molecule has 1 aliphatic heterocycles. The highest BCUT2D eigenvalue weighted by Gasteiger charge is 2.48. The van der Waals surface area contributed by atoms with E-state index in [1.54, 1.807) is 9.62 Å². The van der Waals surface area contributed by atoms with Crippen LogP contribution >= 0.6 is 0 Å². The van der Waals surface area contributed by atoms with E-state index in [0.29, 0.717) is 44.1 Å². The Morgan fingerprint density at radius 2 is 1.64 bits per heavy atom. The maximum absolute atomic E-state index is 13.5. The number of carbonyl (C=O) groups excluding carboxylic acids is 1. The summed E-state index contributed by atoms with van der Waals surface area (Å²) in [5, 5.41) is 2.48. The van der Waals surface area contributed by atoms with Crippen LogP contribution in [0.15, 0.2) is 18.2 Å². The first kappa shape index (κ1) is 27.3. The van der Waals surface area contributed by atoms with Crippen LogP contribution in [0.3, 0.4) is 0 Å². The fraction of sp³-hybridized carbons (Fsp3) is 0.632. The van der Waals surface area contributed by atoms with Gasteiger partial charge in [-0.3, -0.25) is 4.79 Å². The van der Waals surface area contributed by atoms with Crippen molar-refractivity contribution >= 4 is 15.9 Å². The lowest BCUT2D eigenvalue weighted by atomic mass is 9.95. The first-order chi connectivity index (χ1) is 14.9. The number of amides is 1. The van der Waals surface area contributed by atoms with Gasteiger partial charge in [-0.15, -0.1) is 0 Å².